The van der Waals surface area contributed by atoms with Crippen molar-refractivity contribution in [2.75, 3.05) is 39.3 Å². The van der Waals surface area contributed by atoms with Gasteiger partial charge in [0.2, 0.25) is 0 Å². The van der Waals surface area contributed by atoms with Crippen LogP contribution in [-0.4, -0.2) is 48.7 Å². The Bertz CT molecular complexity index is 545. The molecule has 136 valence electrons. The van der Waals surface area contributed by atoms with Crippen LogP contribution in [0, 0.1) is 0 Å². The molecule has 3 saturated heterocycles. The summed E-state index contributed by atoms with van der Waals surface area (Å²) in [7, 11) is 0. The maximum atomic E-state index is 12.9. The van der Waals surface area contributed by atoms with Crippen molar-refractivity contribution >= 4 is 0 Å². The lowest BCUT2D eigenvalue weighted by atomic mass is 10.0. The SMILES string of the molecule is FC(F)(F)c1cc(C[N+]23CCN(CC2)CC3)cc(C(F)(F)F)c1.[Cl-]. The van der Waals surface area contributed by atoms with E-state index in [1.807, 2.05) is 0 Å². The molecule has 0 atom stereocenters. The van der Waals surface area contributed by atoms with Gasteiger partial charge in [-0.25, -0.2) is 0 Å². The van der Waals surface area contributed by atoms with Gasteiger partial charge in [-0.3, -0.25) is 4.90 Å². The monoisotopic (exact) mass is 374 g/mol. The first-order valence-corrected chi connectivity index (χ1v) is 7.43. The van der Waals surface area contributed by atoms with Crippen molar-refractivity contribution in [2.24, 2.45) is 0 Å². The van der Waals surface area contributed by atoms with Gasteiger partial charge in [0.05, 0.1) is 30.8 Å². The van der Waals surface area contributed by atoms with Crippen molar-refractivity contribution in [3.05, 3.63) is 34.9 Å². The Balaban J connectivity index is 0.00000208. The van der Waals surface area contributed by atoms with E-state index in [9.17, 15) is 26.3 Å². The zero-order valence-electron chi connectivity index (χ0n) is 12.7. The molecule has 24 heavy (non-hydrogen) atoms. The van der Waals surface area contributed by atoms with Crippen LogP contribution in [0.3, 0.4) is 0 Å². The molecule has 2 bridgehead atoms. The van der Waals surface area contributed by atoms with Gasteiger partial charge in [-0.1, -0.05) is 0 Å². The van der Waals surface area contributed by atoms with E-state index < -0.39 is 23.5 Å². The minimum absolute atomic E-state index is 0. The van der Waals surface area contributed by atoms with Crippen LogP contribution in [-0.2, 0) is 18.9 Å². The van der Waals surface area contributed by atoms with Crippen molar-refractivity contribution in [1.29, 1.82) is 0 Å². The molecule has 3 fully saturated rings. The van der Waals surface area contributed by atoms with E-state index in [1.54, 1.807) is 0 Å². The number of benzene rings is 1. The normalized spacial score (nSPS) is 27.0. The van der Waals surface area contributed by atoms with Crippen molar-refractivity contribution in [3.63, 3.8) is 0 Å². The Morgan fingerprint density at radius 3 is 1.58 bits per heavy atom. The second-order valence-electron chi connectivity index (χ2n) is 6.43. The van der Waals surface area contributed by atoms with Gasteiger partial charge >= 0.3 is 12.4 Å². The number of hydrogen-bond donors (Lipinski definition) is 0. The lowest BCUT2D eigenvalue weighted by Gasteiger charge is -2.50. The predicted molar refractivity (Wildman–Crippen MR) is 71.5 cm³/mol. The summed E-state index contributed by atoms with van der Waals surface area (Å²) in [5, 5.41) is 0. The average Bonchev–Trinajstić information content (AvgIpc) is 2.46. The molecule has 0 N–H and O–H groups in total. The zero-order valence-corrected chi connectivity index (χ0v) is 13.5. The predicted octanol–water partition coefficient (Wildman–Crippen LogP) is 0.374. The van der Waals surface area contributed by atoms with Crippen molar-refractivity contribution in [3.8, 4) is 0 Å². The number of hydrogen-bond acceptors (Lipinski definition) is 1. The van der Waals surface area contributed by atoms with E-state index in [0.717, 1.165) is 51.4 Å². The third-order valence-corrected chi connectivity index (χ3v) is 4.84. The van der Waals surface area contributed by atoms with Crippen LogP contribution in [0.4, 0.5) is 26.3 Å². The summed E-state index contributed by atoms with van der Waals surface area (Å²) in [6, 6.07) is 1.92. The molecule has 0 amide bonds. The van der Waals surface area contributed by atoms with Crippen LogP contribution in [0.5, 0.6) is 0 Å². The number of quaternary nitrogens is 1. The molecule has 0 aromatic heterocycles. The lowest BCUT2D eigenvalue weighted by molar-refractivity contribution is -0.953. The summed E-state index contributed by atoms with van der Waals surface area (Å²) in [6.45, 7) is 5.11. The molecule has 0 spiro atoms. The van der Waals surface area contributed by atoms with Crippen molar-refractivity contribution in [2.45, 2.75) is 18.9 Å². The summed E-state index contributed by atoms with van der Waals surface area (Å²) in [5.74, 6) is 0. The number of alkyl halides is 6. The van der Waals surface area contributed by atoms with Gasteiger partial charge in [-0.2, -0.15) is 26.3 Å². The van der Waals surface area contributed by atoms with Crippen LogP contribution in [0.15, 0.2) is 18.2 Å². The Morgan fingerprint density at radius 2 is 1.21 bits per heavy atom. The molecule has 2 nitrogen and oxygen atoms in total. The Morgan fingerprint density at radius 1 is 0.792 bits per heavy atom. The van der Waals surface area contributed by atoms with E-state index >= 15 is 0 Å². The molecular weight excluding hydrogens is 358 g/mol. The van der Waals surface area contributed by atoms with Crippen LogP contribution >= 0.6 is 0 Å². The third-order valence-electron chi connectivity index (χ3n) is 4.84. The molecule has 3 aliphatic rings. The zero-order chi connectivity index (χ0) is 16.9. The largest absolute Gasteiger partial charge is 1.00 e. The van der Waals surface area contributed by atoms with Crippen molar-refractivity contribution in [1.82, 2.24) is 4.90 Å². The van der Waals surface area contributed by atoms with E-state index in [0.29, 0.717) is 4.48 Å². The highest BCUT2D eigenvalue weighted by Gasteiger charge is 2.41. The molecule has 1 aromatic carbocycles. The van der Waals surface area contributed by atoms with Crippen molar-refractivity contribution < 1.29 is 43.2 Å². The van der Waals surface area contributed by atoms with E-state index in [4.69, 9.17) is 0 Å². The number of rotatable bonds is 2. The fraction of sp³-hybridized carbons (Fsp3) is 0.600. The summed E-state index contributed by atoms with van der Waals surface area (Å²) < 4.78 is 78.1. The molecule has 3 aliphatic heterocycles. The number of piperazine rings is 3. The molecule has 3 heterocycles. The van der Waals surface area contributed by atoms with E-state index in [1.165, 1.54) is 0 Å². The first-order chi connectivity index (χ1) is 10.6. The minimum atomic E-state index is -4.78. The average molecular weight is 375 g/mol. The van der Waals surface area contributed by atoms with Crippen LogP contribution in [0.25, 0.3) is 0 Å². The highest BCUT2D eigenvalue weighted by Crippen LogP contribution is 2.37. The maximum Gasteiger partial charge on any atom is 0.416 e. The number of fused-ring (bicyclic) bond motifs is 3. The van der Waals surface area contributed by atoms with Gasteiger partial charge < -0.3 is 16.9 Å². The lowest BCUT2D eigenvalue weighted by Crippen LogP contribution is -3.00. The molecule has 0 saturated carbocycles. The maximum absolute atomic E-state index is 12.9. The van der Waals surface area contributed by atoms with Gasteiger partial charge in [0.1, 0.15) is 6.54 Å². The van der Waals surface area contributed by atoms with Crippen LogP contribution in [0.1, 0.15) is 16.7 Å². The highest BCUT2D eigenvalue weighted by molar-refractivity contribution is 5.33. The molecule has 0 aliphatic carbocycles. The smallest absolute Gasteiger partial charge is 0.416 e. The van der Waals surface area contributed by atoms with E-state index in [2.05, 4.69) is 4.90 Å². The molecular formula is C15H17ClF6N2. The summed E-state index contributed by atoms with van der Waals surface area (Å²) >= 11 is 0. The van der Waals surface area contributed by atoms with Gasteiger partial charge in [-0.05, 0) is 18.2 Å². The summed E-state index contributed by atoms with van der Waals surface area (Å²) in [6.07, 6.45) is -9.56. The Kier molecular flexibility index (Phi) is 5.14. The Hall–Kier alpha value is -0.990. The molecule has 0 radical (unpaired) electrons. The highest BCUT2D eigenvalue weighted by atomic mass is 35.5. The number of halogens is 7. The first-order valence-electron chi connectivity index (χ1n) is 7.43. The van der Waals surface area contributed by atoms with E-state index in [-0.39, 0.29) is 30.6 Å². The molecule has 1 aromatic rings. The van der Waals surface area contributed by atoms with Gasteiger partial charge in [-0.15, -0.1) is 0 Å². The number of nitrogens with zero attached hydrogens (tertiary/aromatic N) is 2. The van der Waals surface area contributed by atoms with Crippen LogP contribution < -0.4 is 12.4 Å². The summed E-state index contributed by atoms with van der Waals surface area (Å²) in [4.78, 5) is 2.27. The standard InChI is InChI=1S/C15H17F6N2.ClH/c16-14(17,18)12-7-11(8-13(9-12)15(19,20)21)10-23-4-1-22(2-5-23)3-6-23;/h7-9H,1-6,10H2;1H/q+1;/p-1. The minimum Gasteiger partial charge on any atom is -1.00 e. The quantitative estimate of drug-likeness (QED) is 0.534. The fourth-order valence-electron chi connectivity index (χ4n) is 3.47. The molecule has 0 unspecified atom stereocenters. The second-order valence-corrected chi connectivity index (χ2v) is 6.43. The Labute approximate surface area is 142 Å². The summed E-state index contributed by atoms with van der Waals surface area (Å²) in [5.41, 5.74) is -2.34. The van der Waals surface area contributed by atoms with Gasteiger partial charge in [0, 0.05) is 25.2 Å². The topological polar surface area (TPSA) is 3.24 Å². The van der Waals surface area contributed by atoms with Gasteiger partial charge in [0.25, 0.3) is 0 Å². The second kappa shape index (κ2) is 6.38. The fourth-order valence-corrected chi connectivity index (χ4v) is 3.47. The first kappa shape index (κ1) is 19.3. The van der Waals surface area contributed by atoms with Crippen LogP contribution in [0.2, 0.25) is 0 Å². The van der Waals surface area contributed by atoms with Gasteiger partial charge in [0.15, 0.2) is 0 Å². The third kappa shape index (κ3) is 3.97. The molecule has 9 heteroatoms. The molecule has 4 rings (SSSR count).